The van der Waals surface area contributed by atoms with E-state index in [1.165, 1.54) is 6.07 Å². The average Bonchev–Trinajstić information content (AvgIpc) is 2.51. The van der Waals surface area contributed by atoms with Crippen molar-refractivity contribution in [1.29, 1.82) is 0 Å². The average molecular weight is 313 g/mol. The molecule has 1 aromatic heterocycles. The van der Waals surface area contributed by atoms with Crippen LogP contribution < -0.4 is 0 Å². The van der Waals surface area contributed by atoms with Gasteiger partial charge in [-0.2, -0.15) is 13.2 Å². The highest BCUT2D eigenvalue weighted by molar-refractivity contribution is 5.63. The molecule has 0 N–H and O–H groups in total. The summed E-state index contributed by atoms with van der Waals surface area (Å²) in [6, 6.07) is 8.77. The van der Waals surface area contributed by atoms with Crippen LogP contribution >= 0.6 is 0 Å². The standard InChI is InChI=1S/C13H10F3N.2C2H6.CH4/c1-9-5-6-11(8-17-9)10-3-2-4-12(7-10)13(14,15)16;2*1-2;/h2-8H,1H3;2*1-2H3;1H4. The highest BCUT2D eigenvalue weighted by Crippen LogP contribution is 2.31. The summed E-state index contributed by atoms with van der Waals surface area (Å²) in [5, 5.41) is 0. The predicted octanol–water partition coefficient (Wildman–Crippen LogP) is 6.76. The maximum absolute atomic E-state index is 12.5. The van der Waals surface area contributed by atoms with E-state index in [2.05, 4.69) is 4.98 Å². The molecule has 22 heavy (non-hydrogen) atoms. The molecule has 0 aliphatic rings. The van der Waals surface area contributed by atoms with E-state index in [1.807, 2.05) is 34.6 Å². The molecule has 1 aromatic carbocycles. The van der Waals surface area contributed by atoms with Gasteiger partial charge >= 0.3 is 6.18 Å². The first-order chi connectivity index (χ1) is 9.97. The van der Waals surface area contributed by atoms with Gasteiger partial charge in [0.2, 0.25) is 0 Å². The molecule has 0 aliphatic heterocycles. The quantitative estimate of drug-likeness (QED) is 0.566. The lowest BCUT2D eigenvalue weighted by molar-refractivity contribution is -0.137. The fraction of sp³-hybridized carbons (Fsp3) is 0.389. The monoisotopic (exact) mass is 313 g/mol. The first kappa shape index (κ1) is 22.4. The van der Waals surface area contributed by atoms with Crippen LogP contribution in [0.4, 0.5) is 13.2 Å². The summed E-state index contributed by atoms with van der Waals surface area (Å²) in [5.41, 5.74) is 1.39. The Morgan fingerprint density at radius 2 is 1.45 bits per heavy atom. The van der Waals surface area contributed by atoms with Crippen molar-refractivity contribution >= 4 is 0 Å². The van der Waals surface area contributed by atoms with E-state index in [1.54, 1.807) is 24.4 Å². The van der Waals surface area contributed by atoms with E-state index in [9.17, 15) is 13.2 Å². The number of rotatable bonds is 1. The molecule has 1 heterocycles. The second-order valence-corrected chi connectivity index (χ2v) is 3.77. The molecule has 0 bridgehead atoms. The molecule has 1 nitrogen and oxygen atoms in total. The van der Waals surface area contributed by atoms with Gasteiger partial charge in [0.1, 0.15) is 0 Å². The number of halogens is 3. The number of pyridine rings is 1. The normalized spacial score (nSPS) is 9.45. The molecule has 0 saturated carbocycles. The van der Waals surface area contributed by atoms with Gasteiger partial charge in [-0.05, 0) is 30.7 Å². The first-order valence-electron chi connectivity index (χ1n) is 7.07. The molecule has 0 atom stereocenters. The summed E-state index contributed by atoms with van der Waals surface area (Å²) >= 11 is 0. The van der Waals surface area contributed by atoms with Crippen LogP contribution in [0.3, 0.4) is 0 Å². The van der Waals surface area contributed by atoms with Crippen LogP contribution in [0.15, 0.2) is 42.6 Å². The second-order valence-electron chi connectivity index (χ2n) is 3.77. The molecule has 124 valence electrons. The van der Waals surface area contributed by atoms with Crippen LogP contribution in [0.2, 0.25) is 0 Å². The third kappa shape index (κ3) is 6.74. The maximum Gasteiger partial charge on any atom is 0.416 e. The zero-order valence-corrected chi connectivity index (χ0v) is 13.1. The lowest BCUT2D eigenvalue weighted by Crippen LogP contribution is -2.04. The van der Waals surface area contributed by atoms with E-state index >= 15 is 0 Å². The molecule has 0 aliphatic carbocycles. The summed E-state index contributed by atoms with van der Waals surface area (Å²) in [4.78, 5) is 4.07. The number of alkyl halides is 3. The van der Waals surface area contributed by atoms with Crippen molar-refractivity contribution in [3.8, 4) is 11.1 Å². The Labute approximate surface area is 132 Å². The number of hydrogen-bond acceptors (Lipinski definition) is 1. The molecule has 0 unspecified atom stereocenters. The van der Waals surface area contributed by atoms with Gasteiger partial charge in [0.15, 0.2) is 0 Å². The van der Waals surface area contributed by atoms with Crippen LogP contribution in [0.5, 0.6) is 0 Å². The van der Waals surface area contributed by atoms with Gasteiger partial charge in [-0.15, -0.1) is 0 Å². The molecular formula is C18H26F3N. The fourth-order valence-electron chi connectivity index (χ4n) is 1.51. The molecular weight excluding hydrogens is 287 g/mol. The van der Waals surface area contributed by atoms with Crippen LogP contribution in [0.1, 0.15) is 46.4 Å². The van der Waals surface area contributed by atoms with Crippen LogP contribution in [0, 0.1) is 6.92 Å². The van der Waals surface area contributed by atoms with Crippen molar-refractivity contribution < 1.29 is 13.2 Å². The molecule has 0 radical (unpaired) electrons. The first-order valence-corrected chi connectivity index (χ1v) is 7.07. The number of hydrogen-bond donors (Lipinski definition) is 0. The molecule has 4 heteroatoms. The number of aryl methyl sites for hydroxylation is 1. The second kappa shape index (κ2) is 10.8. The van der Waals surface area contributed by atoms with Crippen LogP contribution in [-0.2, 0) is 6.18 Å². The van der Waals surface area contributed by atoms with Gasteiger partial charge in [-0.25, -0.2) is 0 Å². The van der Waals surface area contributed by atoms with E-state index in [4.69, 9.17) is 0 Å². The summed E-state index contributed by atoms with van der Waals surface area (Å²) in [6.45, 7) is 9.83. The van der Waals surface area contributed by atoms with Gasteiger partial charge in [0.25, 0.3) is 0 Å². The summed E-state index contributed by atoms with van der Waals surface area (Å²) in [7, 11) is 0. The van der Waals surface area contributed by atoms with Crippen molar-refractivity contribution in [3.05, 3.63) is 53.9 Å². The Bertz CT molecular complexity index is 517. The fourth-order valence-corrected chi connectivity index (χ4v) is 1.51. The molecule has 2 aromatic rings. The van der Waals surface area contributed by atoms with Gasteiger partial charge in [0, 0.05) is 17.5 Å². The highest BCUT2D eigenvalue weighted by Gasteiger charge is 2.30. The van der Waals surface area contributed by atoms with Crippen molar-refractivity contribution in [2.45, 2.75) is 48.2 Å². The molecule has 0 saturated heterocycles. The third-order valence-electron chi connectivity index (χ3n) is 2.43. The number of nitrogens with zero attached hydrogens (tertiary/aromatic N) is 1. The Balaban J connectivity index is 0. The van der Waals surface area contributed by atoms with Crippen molar-refractivity contribution in [1.82, 2.24) is 4.98 Å². The van der Waals surface area contributed by atoms with Crippen molar-refractivity contribution in [3.63, 3.8) is 0 Å². The zero-order chi connectivity index (χ0) is 16.5. The van der Waals surface area contributed by atoms with E-state index in [0.29, 0.717) is 11.1 Å². The Morgan fingerprint density at radius 3 is 1.91 bits per heavy atom. The molecule has 0 amide bonds. The Hall–Kier alpha value is -1.84. The van der Waals surface area contributed by atoms with Crippen molar-refractivity contribution in [2.75, 3.05) is 0 Å². The smallest absolute Gasteiger partial charge is 0.261 e. The van der Waals surface area contributed by atoms with E-state index in [0.717, 1.165) is 17.8 Å². The molecule has 0 spiro atoms. The maximum atomic E-state index is 12.5. The number of aromatic nitrogens is 1. The van der Waals surface area contributed by atoms with E-state index in [-0.39, 0.29) is 7.43 Å². The summed E-state index contributed by atoms with van der Waals surface area (Å²) in [6.07, 6.45) is -2.74. The Kier molecular flexibility index (Phi) is 11.0. The molecule has 0 fully saturated rings. The van der Waals surface area contributed by atoms with Gasteiger partial charge in [-0.1, -0.05) is 53.3 Å². The lowest BCUT2D eigenvalue weighted by atomic mass is 10.0. The minimum atomic E-state index is -4.31. The van der Waals surface area contributed by atoms with Crippen LogP contribution in [0.25, 0.3) is 11.1 Å². The topological polar surface area (TPSA) is 12.9 Å². The largest absolute Gasteiger partial charge is 0.416 e. The third-order valence-corrected chi connectivity index (χ3v) is 2.43. The van der Waals surface area contributed by atoms with Gasteiger partial charge < -0.3 is 0 Å². The van der Waals surface area contributed by atoms with Gasteiger partial charge in [-0.3, -0.25) is 4.98 Å². The van der Waals surface area contributed by atoms with Crippen LogP contribution in [-0.4, -0.2) is 4.98 Å². The lowest BCUT2D eigenvalue weighted by Gasteiger charge is -2.08. The zero-order valence-electron chi connectivity index (χ0n) is 13.1. The Morgan fingerprint density at radius 1 is 0.864 bits per heavy atom. The summed E-state index contributed by atoms with van der Waals surface area (Å²) in [5.74, 6) is 0. The SMILES string of the molecule is C.CC.CC.Cc1ccc(-c2cccc(C(F)(F)F)c2)cn1. The molecule has 2 rings (SSSR count). The van der Waals surface area contributed by atoms with Gasteiger partial charge in [0.05, 0.1) is 5.56 Å². The highest BCUT2D eigenvalue weighted by atomic mass is 19.4. The van der Waals surface area contributed by atoms with E-state index < -0.39 is 11.7 Å². The predicted molar refractivity (Wildman–Crippen MR) is 88.8 cm³/mol. The number of benzene rings is 1. The summed E-state index contributed by atoms with van der Waals surface area (Å²) < 4.78 is 37.6. The minimum absolute atomic E-state index is 0. The van der Waals surface area contributed by atoms with Crippen molar-refractivity contribution in [2.24, 2.45) is 0 Å². The minimum Gasteiger partial charge on any atom is -0.261 e.